The second-order valence-corrected chi connectivity index (χ2v) is 5.91. The highest BCUT2D eigenvalue weighted by Crippen LogP contribution is 2.06. The molecule has 0 saturated carbocycles. The first kappa shape index (κ1) is 13.9. The van der Waals surface area contributed by atoms with Crippen LogP contribution in [0, 0.1) is 0 Å². The molecule has 4 heteroatoms. The van der Waals surface area contributed by atoms with Crippen LogP contribution in [0.15, 0.2) is 0 Å². The molecule has 1 aliphatic heterocycles. The standard InChI is InChI=1S/C12H28N4/c1-12(2,13)11-16-9-7-15(8-10-16)6-5-14(3)4/h5-11,13H2,1-4H3. The largest absolute Gasteiger partial charge is 0.324 e. The Morgan fingerprint density at radius 2 is 1.56 bits per heavy atom. The molecule has 0 unspecified atom stereocenters. The number of hydrogen-bond donors (Lipinski definition) is 1. The lowest BCUT2D eigenvalue weighted by molar-refractivity contribution is 0.111. The number of nitrogens with zero attached hydrogens (tertiary/aromatic N) is 3. The van der Waals surface area contributed by atoms with Gasteiger partial charge in [-0.05, 0) is 27.9 Å². The lowest BCUT2D eigenvalue weighted by Gasteiger charge is -2.38. The molecule has 0 bridgehead atoms. The highest BCUT2D eigenvalue weighted by molar-refractivity contribution is 4.81. The van der Waals surface area contributed by atoms with Gasteiger partial charge in [-0.2, -0.15) is 0 Å². The van der Waals surface area contributed by atoms with Gasteiger partial charge in [0.2, 0.25) is 0 Å². The summed E-state index contributed by atoms with van der Waals surface area (Å²) in [5.41, 5.74) is 5.97. The molecule has 1 fully saturated rings. The van der Waals surface area contributed by atoms with Crippen molar-refractivity contribution in [1.29, 1.82) is 0 Å². The van der Waals surface area contributed by atoms with E-state index in [9.17, 15) is 0 Å². The Kier molecular flexibility index (Phi) is 5.18. The van der Waals surface area contributed by atoms with Crippen LogP contribution in [0.5, 0.6) is 0 Å². The van der Waals surface area contributed by atoms with Crippen LogP contribution in [0.4, 0.5) is 0 Å². The highest BCUT2D eigenvalue weighted by Gasteiger charge is 2.21. The summed E-state index contributed by atoms with van der Waals surface area (Å²) in [5, 5.41) is 0. The molecule has 1 saturated heterocycles. The molecule has 0 spiro atoms. The molecule has 0 aromatic carbocycles. The van der Waals surface area contributed by atoms with E-state index >= 15 is 0 Å². The summed E-state index contributed by atoms with van der Waals surface area (Å²) in [6.07, 6.45) is 0. The first-order chi connectivity index (χ1) is 7.37. The molecule has 16 heavy (non-hydrogen) atoms. The first-order valence-corrected chi connectivity index (χ1v) is 6.25. The van der Waals surface area contributed by atoms with Gasteiger partial charge in [0.1, 0.15) is 0 Å². The van der Waals surface area contributed by atoms with Gasteiger partial charge in [0.25, 0.3) is 0 Å². The van der Waals surface area contributed by atoms with Crippen LogP contribution in [0.3, 0.4) is 0 Å². The molecule has 2 N–H and O–H groups in total. The Morgan fingerprint density at radius 3 is 2.00 bits per heavy atom. The van der Waals surface area contributed by atoms with Crippen molar-refractivity contribution in [2.24, 2.45) is 5.73 Å². The lowest BCUT2D eigenvalue weighted by Crippen LogP contribution is -2.53. The Morgan fingerprint density at radius 1 is 1.06 bits per heavy atom. The molecule has 0 radical (unpaired) electrons. The monoisotopic (exact) mass is 228 g/mol. The molecule has 0 aliphatic carbocycles. The molecular weight excluding hydrogens is 200 g/mol. The molecule has 1 aliphatic rings. The number of rotatable bonds is 5. The van der Waals surface area contributed by atoms with E-state index in [4.69, 9.17) is 5.73 Å². The molecule has 96 valence electrons. The summed E-state index contributed by atoms with van der Waals surface area (Å²) >= 11 is 0. The van der Waals surface area contributed by atoms with Gasteiger partial charge in [0, 0.05) is 51.4 Å². The summed E-state index contributed by atoms with van der Waals surface area (Å²) < 4.78 is 0. The van der Waals surface area contributed by atoms with E-state index in [0.29, 0.717) is 0 Å². The van der Waals surface area contributed by atoms with Gasteiger partial charge < -0.3 is 10.6 Å². The smallest absolute Gasteiger partial charge is 0.0226 e. The first-order valence-electron chi connectivity index (χ1n) is 6.25. The number of nitrogens with two attached hydrogens (primary N) is 1. The Bertz CT molecular complexity index is 190. The van der Waals surface area contributed by atoms with Crippen molar-refractivity contribution in [3.8, 4) is 0 Å². The van der Waals surface area contributed by atoms with E-state index in [0.717, 1.165) is 26.2 Å². The van der Waals surface area contributed by atoms with Gasteiger partial charge >= 0.3 is 0 Å². The molecule has 4 nitrogen and oxygen atoms in total. The van der Waals surface area contributed by atoms with E-state index in [-0.39, 0.29) is 5.54 Å². The number of hydrogen-bond acceptors (Lipinski definition) is 4. The predicted molar refractivity (Wildman–Crippen MR) is 69.7 cm³/mol. The summed E-state index contributed by atoms with van der Waals surface area (Å²) in [5.74, 6) is 0. The zero-order valence-corrected chi connectivity index (χ0v) is 11.4. The maximum Gasteiger partial charge on any atom is 0.0226 e. The van der Waals surface area contributed by atoms with Gasteiger partial charge in [-0.3, -0.25) is 9.80 Å². The zero-order chi connectivity index (χ0) is 12.2. The van der Waals surface area contributed by atoms with Crippen molar-refractivity contribution < 1.29 is 0 Å². The summed E-state index contributed by atoms with van der Waals surface area (Å²) in [4.78, 5) is 7.27. The fourth-order valence-corrected chi connectivity index (χ4v) is 2.09. The van der Waals surface area contributed by atoms with Crippen LogP contribution < -0.4 is 5.73 Å². The van der Waals surface area contributed by atoms with Crippen molar-refractivity contribution >= 4 is 0 Å². The maximum absolute atomic E-state index is 6.04. The van der Waals surface area contributed by atoms with Crippen molar-refractivity contribution in [3.63, 3.8) is 0 Å². The van der Waals surface area contributed by atoms with Crippen molar-refractivity contribution in [2.45, 2.75) is 19.4 Å². The molecule has 1 heterocycles. The molecular formula is C12H28N4. The van der Waals surface area contributed by atoms with Gasteiger partial charge in [0.15, 0.2) is 0 Å². The minimum atomic E-state index is -0.0637. The second kappa shape index (κ2) is 5.96. The van der Waals surface area contributed by atoms with Crippen LogP contribution in [0.1, 0.15) is 13.8 Å². The topological polar surface area (TPSA) is 35.7 Å². The third-order valence-electron chi connectivity index (χ3n) is 2.96. The van der Waals surface area contributed by atoms with Gasteiger partial charge in [-0.25, -0.2) is 0 Å². The fourth-order valence-electron chi connectivity index (χ4n) is 2.09. The van der Waals surface area contributed by atoms with Crippen molar-refractivity contribution in [3.05, 3.63) is 0 Å². The average molecular weight is 228 g/mol. The van der Waals surface area contributed by atoms with Gasteiger partial charge in [-0.15, -0.1) is 0 Å². The van der Waals surface area contributed by atoms with Crippen LogP contribution >= 0.6 is 0 Å². The van der Waals surface area contributed by atoms with Crippen LogP contribution in [0.2, 0.25) is 0 Å². The van der Waals surface area contributed by atoms with E-state index in [2.05, 4.69) is 42.6 Å². The number of likely N-dealkylation sites (N-methyl/N-ethyl adjacent to an activating group) is 1. The fraction of sp³-hybridized carbons (Fsp3) is 1.00. The molecule has 0 amide bonds. The summed E-state index contributed by atoms with van der Waals surface area (Å²) in [6.45, 7) is 12.2. The van der Waals surface area contributed by atoms with Crippen molar-refractivity contribution in [2.75, 3.05) is 59.9 Å². The Balaban J connectivity index is 2.18. The lowest BCUT2D eigenvalue weighted by atomic mass is 10.1. The highest BCUT2D eigenvalue weighted by atomic mass is 15.3. The van der Waals surface area contributed by atoms with E-state index in [1.807, 2.05) is 0 Å². The zero-order valence-electron chi connectivity index (χ0n) is 11.4. The quantitative estimate of drug-likeness (QED) is 0.713. The van der Waals surface area contributed by atoms with Crippen molar-refractivity contribution in [1.82, 2.24) is 14.7 Å². The second-order valence-electron chi connectivity index (χ2n) is 5.91. The maximum atomic E-state index is 6.04. The molecule has 1 rings (SSSR count). The molecule has 0 aromatic heterocycles. The van der Waals surface area contributed by atoms with Crippen LogP contribution in [-0.4, -0.2) is 80.1 Å². The van der Waals surface area contributed by atoms with Crippen LogP contribution in [0.25, 0.3) is 0 Å². The molecule has 0 atom stereocenters. The van der Waals surface area contributed by atoms with Gasteiger partial charge in [-0.1, -0.05) is 0 Å². The van der Waals surface area contributed by atoms with E-state index in [1.165, 1.54) is 19.6 Å². The molecule has 0 aromatic rings. The van der Waals surface area contributed by atoms with E-state index < -0.39 is 0 Å². The van der Waals surface area contributed by atoms with Crippen LogP contribution in [-0.2, 0) is 0 Å². The SMILES string of the molecule is CN(C)CCN1CCN(CC(C)(C)N)CC1. The Labute approximate surface area is 100 Å². The van der Waals surface area contributed by atoms with Gasteiger partial charge in [0.05, 0.1) is 0 Å². The minimum Gasteiger partial charge on any atom is -0.324 e. The summed E-state index contributed by atoms with van der Waals surface area (Å²) in [6, 6.07) is 0. The summed E-state index contributed by atoms with van der Waals surface area (Å²) in [7, 11) is 4.26. The third-order valence-corrected chi connectivity index (χ3v) is 2.96. The van der Waals surface area contributed by atoms with E-state index in [1.54, 1.807) is 0 Å². The predicted octanol–water partition coefficient (Wildman–Crippen LogP) is -0.0971. The average Bonchev–Trinajstić information content (AvgIpc) is 2.14. The Hall–Kier alpha value is -0.160. The normalized spacial score (nSPS) is 20.6. The minimum absolute atomic E-state index is 0.0637. The third kappa shape index (κ3) is 5.80. The number of piperazine rings is 1.